The van der Waals surface area contributed by atoms with Gasteiger partial charge in [0.25, 0.3) is 0 Å². The fourth-order valence-electron chi connectivity index (χ4n) is 3.15. The molecule has 5 nitrogen and oxygen atoms in total. The summed E-state index contributed by atoms with van der Waals surface area (Å²) in [7, 11) is 3.45. The van der Waals surface area contributed by atoms with Gasteiger partial charge in [0.1, 0.15) is 11.6 Å². The predicted octanol–water partition coefficient (Wildman–Crippen LogP) is 2.03. The molecular weight excluding hydrogens is 338 g/mol. The van der Waals surface area contributed by atoms with Crippen molar-refractivity contribution in [1.82, 2.24) is 15.5 Å². The van der Waals surface area contributed by atoms with Crippen molar-refractivity contribution in [1.29, 1.82) is 0 Å². The van der Waals surface area contributed by atoms with Gasteiger partial charge in [-0.05, 0) is 62.0 Å². The van der Waals surface area contributed by atoms with E-state index in [1.54, 1.807) is 14.2 Å². The number of methoxy groups -OCH3 is 1. The Morgan fingerprint density at radius 3 is 2.73 bits per heavy atom. The Bertz CT molecular complexity index is 575. The largest absolute Gasteiger partial charge is 0.383 e. The molecule has 1 aliphatic rings. The highest BCUT2D eigenvalue weighted by Gasteiger charge is 2.19. The van der Waals surface area contributed by atoms with Gasteiger partial charge in [-0.2, -0.15) is 0 Å². The molecule has 0 aliphatic carbocycles. The Morgan fingerprint density at radius 1 is 1.27 bits per heavy atom. The summed E-state index contributed by atoms with van der Waals surface area (Å²) in [6.07, 6.45) is 2.71. The Kier molecular flexibility index (Phi) is 8.77. The van der Waals surface area contributed by atoms with E-state index in [9.17, 15) is 8.78 Å². The first kappa shape index (κ1) is 20.6. The van der Waals surface area contributed by atoms with E-state index in [0.717, 1.165) is 57.8 Å². The van der Waals surface area contributed by atoms with E-state index in [1.807, 2.05) is 0 Å². The lowest BCUT2D eigenvalue weighted by Crippen LogP contribution is -2.43. The van der Waals surface area contributed by atoms with Gasteiger partial charge in [0, 0.05) is 33.8 Å². The van der Waals surface area contributed by atoms with Gasteiger partial charge < -0.3 is 20.3 Å². The highest BCUT2D eigenvalue weighted by atomic mass is 19.1. The number of halogens is 2. The molecule has 1 saturated heterocycles. The van der Waals surface area contributed by atoms with Crippen LogP contribution < -0.4 is 10.6 Å². The van der Waals surface area contributed by atoms with Crippen molar-refractivity contribution in [3.8, 4) is 0 Å². The van der Waals surface area contributed by atoms with Crippen LogP contribution in [0.25, 0.3) is 0 Å². The molecule has 1 heterocycles. The van der Waals surface area contributed by atoms with Crippen LogP contribution in [0.5, 0.6) is 0 Å². The van der Waals surface area contributed by atoms with Crippen molar-refractivity contribution in [2.45, 2.75) is 19.3 Å². The molecule has 0 spiro atoms. The maximum absolute atomic E-state index is 13.6. The summed E-state index contributed by atoms with van der Waals surface area (Å²) in [4.78, 5) is 6.63. The Morgan fingerprint density at radius 2 is 2.04 bits per heavy atom. The maximum atomic E-state index is 13.6. The smallest absolute Gasteiger partial charge is 0.190 e. The summed E-state index contributed by atoms with van der Waals surface area (Å²) >= 11 is 0. The summed E-state index contributed by atoms with van der Waals surface area (Å²) < 4.78 is 31.9. The SMILES string of the molecule is CN=C(NCCc1cc(F)ccc1F)NCC1CCN(CCOC)CC1. The molecule has 26 heavy (non-hydrogen) atoms. The molecule has 146 valence electrons. The monoisotopic (exact) mass is 368 g/mol. The summed E-state index contributed by atoms with van der Waals surface area (Å²) in [6.45, 7) is 5.34. The number of hydrogen-bond acceptors (Lipinski definition) is 3. The standard InChI is InChI=1S/C19H30F2N4O/c1-22-19(23-8-5-16-13-17(20)3-4-18(16)21)24-14-15-6-9-25(10-7-15)11-12-26-2/h3-4,13,15H,5-12,14H2,1-2H3,(H2,22,23,24). The van der Waals surface area contributed by atoms with Crippen molar-refractivity contribution < 1.29 is 13.5 Å². The van der Waals surface area contributed by atoms with Crippen LogP contribution >= 0.6 is 0 Å². The number of aliphatic imine (C=N–C) groups is 1. The number of nitrogens with one attached hydrogen (secondary N) is 2. The van der Waals surface area contributed by atoms with Gasteiger partial charge in [0.05, 0.1) is 6.61 Å². The number of rotatable bonds is 8. The lowest BCUT2D eigenvalue weighted by Gasteiger charge is -2.32. The zero-order valence-electron chi connectivity index (χ0n) is 15.7. The number of hydrogen-bond donors (Lipinski definition) is 2. The third-order valence-corrected chi connectivity index (χ3v) is 4.80. The van der Waals surface area contributed by atoms with E-state index in [-0.39, 0.29) is 5.82 Å². The molecule has 1 aromatic rings. The molecule has 0 radical (unpaired) electrons. The van der Waals surface area contributed by atoms with Crippen LogP contribution in [0.1, 0.15) is 18.4 Å². The highest BCUT2D eigenvalue weighted by molar-refractivity contribution is 5.79. The van der Waals surface area contributed by atoms with Crippen LogP contribution in [0.2, 0.25) is 0 Å². The number of ether oxygens (including phenoxy) is 1. The van der Waals surface area contributed by atoms with Crippen molar-refractivity contribution in [3.05, 3.63) is 35.4 Å². The van der Waals surface area contributed by atoms with E-state index < -0.39 is 5.82 Å². The van der Waals surface area contributed by atoms with Crippen molar-refractivity contribution in [2.75, 3.05) is 53.5 Å². The molecule has 2 N–H and O–H groups in total. The molecule has 0 unspecified atom stereocenters. The minimum absolute atomic E-state index is 0.372. The minimum atomic E-state index is -0.416. The molecule has 1 aliphatic heterocycles. The predicted molar refractivity (Wildman–Crippen MR) is 100 cm³/mol. The van der Waals surface area contributed by atoms with Gasteiger partial charge in [-0.15, -0.1) is 0 Å². The summed E-state index contributed by atoms with van der Waals surface area (Å²) in [5, 5.41) is 6.50. The maximum Gasteiger partial charge on any atom is 0.190 e. The molecule has 0 atom stereocenters. The molecule has 0 bridgehead atoms. The first-order chi connectivity index (χ1) is 12.6. The average Bonchev–Trinajstić information content (AvgIpc) is 2.66. The van der Waals surface area contributed by atoms with Crippen LogP contribution in [0.15, 0.2) is 23.2 Å². The summed E-state index contributed by atoms with van der Waals surface area (Å²) in [5.74, 6) is 0.522. The van der Waals surface area contributed by atoms with E-state index >= 15 is 0 Å². The van der Waals surface area contributed by atoms with Gasteiger partial charge in [-0.25, -0.2) is 8.78 Å². The van der Waals surface area contributed by atoms with Gasteiger partial charge in [0.15, 0.2) is 5.96 Å². The molecule has 1 fully saturated rings. The summed E-state index contributed by atoms with van der Waals surface area (Å²) in [6, 6.07) is 3.54. The highest BCUT2D eigenvalue weighted by Crippen LogP contribution is 2.16. The number of benzene rings is 1. The van der Waals surface area contributed by atoms with Crippen molar-refractivity contribution in [3.63, 3.8) is 0 Å². The Labute approximate surface area is 154 Å². The second-order valence-electron chi connectivity index (χ2n) is 6.64. The lowest BCUT2D eigenvalue weighted by atomic mass is 9.97. The molecule has 0 aromatic heterocycles. The van der Waals surface area contributed by atoms with E-state index in [4.69, 9.17) is 4.74 Å². The van der Waals surface area contributed by atoms with Gasteiger partial charge in [-0.1, -0.05) is 0 Å². The third-order valence-electron chi connectivity index (χ3n) is 4.80. The number of nitrogens with zero attached hydrogens (tertiary/aromatic N) is 2. The minimum Gasteiger partial charge on any atom is -0.383 e. The molecule has 0 saturated carbocycles. The topological polar surface area (TPSA) is 48.9 Å². The van der Waals surface area contributed by atoms with E-state index in [1.165, 1.54) is 6.07 Å². The normalized spacial score (nSPS) is 16.7. The average molecular weight is 368 g/mol. The zero-order valence-corrected chi connectivity index (χ0v) is 15.7. The van der Waals surface area contributed by atoms with Crippen molar-refractivity contribution >= 4 is 5.96 Å². The summed E-state index contributed by atoms with van der Waals surface area (Å²) in [5.41, 5.74) is 0.372. The van der Waals surface area contributed by atoms with E-state index in [2.05, 4.69) is 20.5 Å². The third kappa shape index (κ3) is 6.88. The first-order valence-electron chi connectivity index (χ1n) is 9.22. The van der Waals surface area contributed by atoms with Crippen LogP contribution in [0.4, 0.5) is 8.78 Å². The fourth-order valence-corrected chi connectivity index (χ4v) is 3.15. The van der Waals surface area contributed by atoms with E-state index in [0.29, 0.717) is 30.4 Å². The van der Waals surface area contributed by atoms with Crippen LogP contribution in [-0.4, -0.2) is 64.3 Å². The molecular formula is C19H30F2N4O. The van der Waals surface area contributed by atoms with Gasteiger partial charge in [-0.3, -0.25) is 4.99 Å². The van der Waals surface area contributed by atoms with Crippen LogP contribution in [0.3, 0.4) is 0 Å². The van der Waals surface area contributed by atoms with Crippen LogP contribution in [-0.2, 0) is 11.2 Å². The Balaban J connectivity index is 1.66. The fraction of sp³-hybridized carbons (Fsp3) is 0.632. The second kappa shape index (κ2) is 11.1. The molecule has 2 rings (SSSR count). The second-order valence-corrected chi connectivity index (χ2v) is 6.64. The van der Waals surface area contributed by atoms with Gasteiger partial charge in [0.2, 0.25) is 0 Å². The number of piperidine rings is 1. The van der Waals surface area contributed by atoms with Crippen molar-refractivity contribution in [2.24, 2.45) is 10.9 Å². The lowest BCUT2D eigenvalue weighted by molar-refractivity contribution is 0.121. The molecule has 1 aromatic carbocycles. The first-order valence-corrected chi connectivity index (χ1v) is 9.22. The Hall–Kier alpha value is -1.73. The number of likely N-dealkylation sites (tertiary alicyclic amines) is 1. The van der Waals surface area contributed by atoms with Crippen LogP contribution in [0, 0.1) is 17.6 Å². The zero-order chi connectivity index (χ0) is 18.8. The van der Waals surface area contributed by atoms with Gasteiger partial charge >= 0.3 is 0 Å². The number of guanidine groups is 1. The molecule has 7 heteroatoms. The quantitative estimate of drug-likeness (QED) is 0.545. The molecule has 0 amide bonds.